The monoisotopic (exact) mass is 249 g/mol. The molecule has 0 unspecified atom stereocenters. The summed E-state index contributed by atoms with van der Waals surface area (Å²) in [4.78, 5) is 0. The summed E-state index contributed by atoms with van der Waals surface area (Å²) in [6.45, 7) is 7.52. The van der Waals surface area contributed by atoms with Gasteiger partial charge >= 0.3 is 0 Å². The molecule has 100 valence electrons. The number of hydrogen-bond donors (Lipinski definition) is 1. The number of halogens is 1. The van der Waals surface area contributed by atoms with E-state index in [1.165, 1.54) is 18.4 Å². The van der Waals surface area contributed by atoms with E-state index in [1.54, 1.807) is 6.07 Å². The molecule has 1 aromatic rings. The van der Waals surface area contributed by atoms with Gasteiger partial charge in [0, 0.05) is 12.6 Å². The largest absolute Gasteiger partial charge is 0.313 e. The first-order chi connectivity index (χ1) is 8.46. The van der Waals surface area contributed by atoms with Crippen LogP contribution in [0.5, 0.6) is 0 Å². The lowest BCUT2D eigenvalue weighted by Gasteiger charge is -2.25. The number of aryl methyl sites for hydroxylation is 2. The van der Waals surface area contributed by atoms with E-state index < -0.39 is 0 Å². The summed E-state index contributed by atoms with van der Waals surface area (Å²) >= 11 is 0. The number of nitrogens with one attached hydrogen (secondary N) is 1. The van der Waals surface area contributed by atoms with E-state index in [4.69, 9.17) is 0 Å². The van der Waals surface area contributed by atoms with Gasteiger partial charge in [0.25, 0.3) is 0 Å². The highest BCUT2D eigenvalue weighted by molar-refractivity contribution is 5.24. The summed E-state index contributed by atoms with van der Waals surface area (Å²) in [7, 11) is 0. The van der Waals surface area contributed by atoms with Crippen LogP contribution in [0.3, 0.4) is 0 Å². The van der Waals surface area contributed by atoms with Crippen molar-refractivity contribution in [3.05, 3.63) is 35.1 Å². The van der Waals surface area contributed by atoms with Crippen LogP contribution in [0.1, 0.15) is 44.2 Å². The molecule has 0 aromatic heterocycles. The minimum Gasteiger partial charge on any atom is -0.313 e. The molecular formula is C16H24FN. The summed E-state index contributed by atoms with van der Waals surface area (Å²) in [6.07, 6.45) is 4.85. The fourth-order valence-electron chi connectivity index (χ4n) is 2.14. The van der Waals surface area contributed by atoms with Gasteiger partial charge in [0.2, 0.25) is 0 Å². The van der Waals surface area contributed by atoms with Gasteiger partial charge in [-0.1, -0.05) is 26.0 Å². The zero-order chi connectivity index (χ0) is 13.2. The molecule has 1 fully saturated rings. The second-order valence-corrected chi connectivity index (χ2v) is 6.40. The van der Waals surface area contributed by atoms with Crippen LogP contribution in [0.15, 0.2) is 18.2 Å². The molecule has 1 aliphatic rings. The standard InChI is InChI=1S/C16H24FN/c1-12-10-13(4-7-15(12)17)8-9-16(2,3)11-18-14-5-6-14/h4,7,10,14,18H,5-6,8-9,11H2,1-3H3. The van der Waals surface area contributed by atoms with Gasteiger partial charge in [-0.15, -0.1) is 0 Å². The Hall–Kier alpha value is -0.890. The predicted octanol–water partition coefficient (Wildman–Crippen LogP) is 3.84. The number of rotatable bonds is 6. The Bertz CT molecular complexity index is 408. The van der Waals surface area contributed by atoms with Gasteiger partial charge in [0.05, 0.1) is 0 Å². The van der Waals surface area contributed by atoms with E-state index in [0.717, 1.165) is 31.0 Å². The molecular weight excluding hydrogens is 225 g/mol. The molecule has 1 nitrogen and oxygen atoms in total. The van der Waals surface area contributed by atoms with Crippen LogP contribution in [0, 0.1) is 18.2 Å². The van der Waals surface area contributed by atoms with Gasteiger partial charge in [-0.2, -0.15) is 0 Å². The molecule has 1 N–H and O–H groups in total. The maximum atomic E-state index is 13.2. The molecule has 0 bridgehead atoms. The summed E-state index contributed by atoms with van der Waals surface area (Å²) in [6, 6.07) is 6.24. The molecule has 0 spiro atoms. The first-order valence-corrected chi connectivity index (χ1v) is 6.95. The molecule has 0 amide bonds. The van der Waals surface area contributed by atoms with Crippen LogP contribution in [0.4, 0.5) is 4.39 Å². The molecule has 0 saturated heterocycles. The van der Waals surface area contributed by atoms with Crippen molar-refractivity contribution in [2.24, 2.45) is 5.41 Å². The van der Waals surface area contributed by atoms with Crippen molar-refractivity contribution < 1.29 is 4.39 Å². The Morgan fingerprint density at radius 3 is 2.67 bits per heavy atom. The van der Waals surface area contributed by atoms with E-state index >= 15 is 0 Å². The minimum atomic E-state index is -0.103. The smallest absolute Gasteiger partial charge is 0.126 e. The van der Waals surface area contributed by atoms with Crippen LogP contribution < -0.4 is 5.32 Å². The summed E-state index contributed by atoms with van der Waals surface area (Å²) in [5.74, 6) is -0.103. The van der Waals surface area contributed by atoms with E-state index in [9.17, 15) is 4.39 Å². The van der Waals surface area contributed by atoms with Crippen LogP contribution in [0.25, 0.3) is 0 Å². The third-order valence-corrected chi connectivity index (χ3v) is 3.76. The average Bonchev–Trinajstić information content (AvgIpc) is 3.12. The number of hydrogen-bond acceptors (Lipinski definition) is 1. The van der Waals surface area contributed by atoms with Gasteiger partial charge in [-0.05, 0) is 55.2 Å². The molecule has 1 aliphatic carbocycles. The zero-order valence-electron chi connectivity index (χ0n) is 11.7. The molecule has 0 atom stereocenters. The maximum Gasteiger partial charge on any atom is 0.126 e. The van der Waals surface area contributed by atoms with Gasteiger partial charge in [-0.3, -0.25) is 0 Å². The first kappa shape index (κ1) is 13.5. The Morgan fingerprint density at radius 2 is 2.06 bits per heavy atom. The lowest BCUT2D eigenvalue weighted by atomic mass is 9.86. The van der Waals surface area contributed by atoms with Gasteiger partial charge in [0.1, 0.15) is 5.82 Å². The van der Waals surface area contributed by atoms with Crippen LogP contribution in [-0.4, -0.2) is 12.6 Å². The SMILES string of the molecule is Cc1cc(CCC(C)(C)CNC2CC2)ccc1F. The summed E-state index contributed by atoms with van der Waals surface area (Å²) < 4.78 is 13.2. The third-order valence-electron chi connectivity index (χ3n) is 3.76. The molecule has 1 saturated carbocycles. The zero-order valence-corrected chi connectivity index (χ0v) is 11.7. The summed E-state index contributed by atoms with van der Waals surface area (Å²) in [5, 5.41) is 3.59. The van der Waals surface area contributed by atoms with Crippen LogP contribution in [-0.2, 0) is 6.42 Å². The van der Waals surface area contributed by atoms with Crippen LogP contribution in [0.2, 0.25) is 0 Å². The quantitative estimate of drug-likeness (QED) is 0.807. The van der Waals surface area contributed by atoms with Crippen molar-refractivity contribution in [3.8, 4) is 0 Å². The maximum absolute atomic E-state index is 13.2. The van der Waals surface area contributed by atoms with Gasteiger partial charge < -0.3 is 5.32 Å². The fraction of sp³-hybridized carbons (Fsp3) is 0.625. The molecule has 2 rings (SSSR count). The fourth-order valence-corrected chi connectivity index (χ4v) is 2.14. The summed E-state index contributed by atoms with van der Waals surface area (Å²) in [5.41, 5.74) is 2.31. The molecule has 0 heterocycles. The van der Waals surface area contributed by atoms with E-state index in [2.05, 4.69) is 19.2 Å². The van der Waals surface area contributed by atoms with Crippen molar-refractivity contribution in [3.63, 3.8) is 0 Å². The second kappa shape index (κ2) is 5.40. The Morgan fingerprint density at radius 1 is 1.33 bits per heavy atom. The highest BCUT2D eigenvalue weighted by Crippen LogP contribution is 2.25. The van der Waals surface area contributed by atoms with Crippen molar-refractivity contribution in [2.75, 3.05) is 6.54 Å². The highest BCUT2D eigenvalue weighted by atomic mass is 19.1. The van der Waals surface area contributed by atoms with Gasteiger partial charge in [0.15, 0.2) is 0 Å². The first-order valence-electron chi connectivity index (χ1n) is 6.95. The predicted molar refractivity (Wildman–Crippen MR) is 74.3 cm³/mol. The Labute approximate surface area is 110 Å². The lowest BCUT2D eigenvalue weighted by molar-refractivity contribution is 0.313. The Balaban J connectivity index is 1.82. The van der Waals surface area contributed by atoms with Crippen LogP contribution >= 0.6 is 0 Å². The van der Waals surface area contributed by atoms with Crippen molar-refractivity contribution >= 4 is 0 Å². The third kappa shape index (κ3) is 4.09. The van der Waals surface area contributed by atoms with E-state index in [0.29, 0.717) is 5.41 Å². The topological polar surface area (TPSA) is 12.0 Å². The van der Waals surface area contributed by atoms with Crippen molar-refractivity contribution in [1.82, 2.24) is 5.32 Å². The normalized spacial score (nSPS) is 16.0. The van der Waals surface area contributed by atoms with Crippen molar-refractivity contribution in [1.29, 1.82) is 0 Å². The minimum absolute atomic E-state index is 0.103. The molecule has 0 radical (unpaired) electrons. The molecule has 18 heavy (non-hydrogen) atoms. The van der Waals surface area contributed by atoms with Gasteiger partial charge in [-0.25, -0.2) is 4.39 Å². The highest BCUT2D eigenvalue weighted by Gasteiger charge is 2.25. The average molecular weight is 249 g/mol. The van der Waals surface area contributed by atoms with E-state index in [1.807, 2.05) is 19.1 Å². The lowest BCUT2D eigenvalue weighted by Crippen LogP contribution is -2.31. The second-order valence-electron chi connectivity index (χ2n) is 6.40. The Kier molecular flexibility index (Phi) is 4.06. The molecule has 2 heteroatoms. The van der Waals surface area contributed by atoms with Crippen molar-refractivity contribution in [2.45, 2.75) is 52.5 Å². The molecule has 1 aromatic carbocycles. The van der Waals surface area contributed by atoms with E-state index in [-0.39, 0.29) is 5.82 Å². The number of benzene rings is 1. The molecule has 0 aliphatic heterocycles.